The minimum atomic E-state index is -0.639. The lowest BCUT2D eigenvalue weighted by Gasteiger charge is -2.45. The third kappa shape index (κ3) is 4.98. The van der Waals surface area contributed by atoms with Crippen molar-refractivity contribution in [1.82, 2.24) is 0 Å². The topological polar surface area (TPSA) is 0 Å². The fourth-order valence-electron chi connectivity index (χ4n) is 9.65. The van der Waals surface area contributed by atoms with Crippen molar-refractivity contribution in [3.8, 4) is 0 Å². The van der Waals surface area contributed by atoms with Gasteiger partial charge in [0.2, 0.25) is 0 Å². The summed E-state index contributed by atoms with van der Waals surface area (Å²) in [7, 11) is -0.657. The van der Waals surface area contributed by atoms with E-state index < -0.39 is 7.92 Å². The van der Waals surface area contributed by atoms with Gasteiger partial charge in [0.15, 0.2) is 0 Å². The van der Waals surface area contributed by atoms with Crippen LogP contribution in [0.1, 0.15) is 63.9 Å². The van der Waals surface area contributed by atoms with Crippen molar-refractivity contribution in [1.29, 1.82) is 0 Å². The van der Waals surface area contributed by atoms with Gasteiger partial charge in [-0.25, -0.2) is 0 Å². The molecule has 6 unspecified atom stereocenters. The summed E-state index contributed by atoms with van der Waals surface area (Å²) in [5.41, 5.74) is 4.20. The SMILES string of the molecule is C[C@H]([C]1[CH][CH][CH][C]1c1ccccc1P(c1ccccc1)c1ccccc1)P(C1CC2CCC1C2)C1CC2CCC1C2. The van der Waals surface area contributed by atoms with Crippen LogP contribution >= 0.6 is 15.8 Å². The lowest BCUT2D eigenvalue weighted by atomic mass is 9.87. The zero-order valence-electron chi connectivity index (χ0n) is 24.4. The molecule has 5 fully saturated rings. The van der Waals surface area contributed by atoms with Gasteiger partial charge in [-0.1, -0.05) is 113 Å². The fourth-order valence-corrected chi connectivity index (χ4v) is 16.9. The van der Waals surface area contributed by atoms with Crippen molar-refractivity contribution in [2.75, 3.05) is 0 Å². The van der Waals surface area contributed by atoms with E-state index in [1.807, 2.05) is 0 Å². The molecule has 0 heterocycles. The molecule has 7 atom stereocenters. The second-order valence-corrected chi connectivity index (χ2v) is 18.7. The van der Waals surface area contributed by atoms with E-state index in [-0.39, 0.29) is 7.92 Å². The highest BCUT2D eigenvalue weighted by molar-refractivity contribution is 7.80. The van der Waals surface area contributed by atoms with E-state index in [2.05, 4.69) is 111 Å². The van der Waals surface area contributed by atoms with Crippen molar-refractivity contribution in [2.45, 2.75) is 75.3 Å². The largest absolute Gasteiger partial charge is 0.0962 e. The van der Waals surface area contributed by atoms with Gasteiger partial charge in [0.25, 0.3) is 0 Å². The van der Waals surface area contributed by atoms with Gasteiger partial charge in [-0.2, -0.15) is 0 Å². The Balaban J connectivity index is 1.16. The first-order valence-corrected chi connectivity index (χ1v) is 19.2. The van der Waals surface area contributed by atoms with Gasteiger partial charge in [0.1, 0.15) is 0 Å². The van der Waals surface area contributed by atoms with Gasteiger partial charge < -0.3 is 0 Å². The number of hydrogen-bond donors (Lipinski definition) is 0. The van der Waals surface area contributed by atoms with Gasteiger partial charge in [-0.05, 0) is 134 Å². The summed E-state index contributed by atoms with van der Waals surface area (Å²) in [6, 6.07) is 31.9. The van der Waals surface area contributed by atoms with E-state index in [1.165, 1.54) is 53.1 Å². The summed E-state index contributed by atoms with van der Waals surface area (Å²) in [4.78, 5) is 0. The van der Waals surface area contributed by atoms with Crippen molar-refractivity contribution in [3.05, 3.63) is 122 Å². The molecule has 0 nitrogen and oxygen atoms in total. The first kappa shape index (κ1) is 27.1. The Morgan fingerprint density at radius 2 is 1.17 bits per heavy atom. The lowest BCUT2D eigenvalue weighted by Crippen LogP contribution is -2.33. The van der Waals surface area contributed by atoms with Crippen LogP contribution < -0.4 is 15.9 Å². The smallest absolute Gasteiger partial charge is 0.0171 e. The predicted molar refractivity (Wildman–Crippen MR) is 178 cm³/mol. The molecule has 3 aromatic carbocycles. The van der Waals surface area contributed by atoms with Gasteiger partial charge in [0.05, 0.1) is 0 Å². The quantitative estimate of drug-likeness (QED) is 0.236. The molecule has 3 aromatic rings. The molecule has 4 bridgehead atoms. The van der Waals surface area contributed by atoms with Crippen molar-refractivity contribution in [2.24, 2.45) is 23.7 Å². The highest BCUT2D eigenvalue weighted by Crippen LogP contribution is 2.71. The summed E-state index contributed by atoms with van der Waals surface area (Å²) in [6.45, 7) is 2.67. The Morgan fingerprint density at radius 3 is 1.71 bits per heavy atom. The zero-order valence-corrected chi connectivity index (χ0v) is 26.2. The summed E-state index contributed by atoms with van der Waals surface area (Å²) >= 11 is 0. The molecule has 8 rings (SSSR count). The standard InChI is InChI=1S/C39H43P2/c1-27(40(38-25-28-19-21-30(38)23-28)39-26-29-20-22-31(39)24-29)34-16-10-17-35(34)36-15-8-9-18-37(36)41(32-11-4-2-5-12-32)33-13-6-3-7-14-33/h2-18,27-31,38-39H,19-26H2,1H3/t27-,28?,29?,30?,31?,38?,39?,40?/m1/s1. The molecule has 0 aromatic heterocycles. The Hall–Kier alpha value is -1.48. The van der Waals surface area contributed by atoms with Crippen LogP contribution in [0.4, 0.5) is 0 Å². The van der Waals surface area contributed by atoms with E-state index in [4.69, 9.17) is 0 Å². The minimum absolute atomic E-state index is 0.0180. The van der Waals surface area contributed by atoms with Crippen LogP contribution in [0.15, 0.2) is 84.9 Å². The maximum absolute atomic E-state index is 2.67. The third-order valence-corrected chi connectivity index (χ3v) is 17.8. The molecule has 209 valence electrons. The van der Waals surface area contributed by atoms with Crippen LogP contribution in [0.3, 0.4) is 0 Å². The van der Waals surface area contributed by atoms with E-state index >= 15 is 0 Å². The molecule has 0 aliphatic heterocycles. The van der Waals surface area contributed by atoms with Gasteiger partial charge in [-0.3, -0.25) is 0 Å². The number of rotatable bonds is 8. The van der Waals surface area contributed by atoms with Gasteiger partial charge in [-0.15, -0.1) is 0 Å². The Bertz CT molecular complexity index is 1250. The first-order valence-electron chi connectivity index (χ1n) is 16.3. The first-order chi connectivity index (χ1) is 20.2. The minimum Gasteiger partial charge on any atom is -0.0962 e. The molecule has 5 aliphatic rings. The average Bonchev–Trinajstić information content (AvgIpc) is 3.86. The Labute approximate surface area is 251 Å². The third-order valence-electron chi connectivity index (χ3n) is 11.4. The summed E-state index contributed by atoms with van der Waals surface area (Å²) in [6.07, 6.45) is 19.7. The van der Waals surface area contributed by atoms with Crippen LogP contribution in [0.5, 0.6) is 0 Å². The molecular formula is C39H43P2. The van der Waals surface area contributed by atoms with Crippen molar-refractivity contribution < 1.29 is 0 Å². The Kier molecular flexibility index (Phi) is 7.63. The van der Waals surface area contributed by atoms with Crippen LogP contribution in [0, 0.1) is 54.8 Å². The summed E-state index contributed by atoms with van der Waals surface area (Å²) < 4.78 is 0. The van der Waals surface area contributed by atoms with Crippen LogP contribution in [0.25, 0.3) is 0 Å². The number of benzene rings is 3. The second kappa shape index (κ2) is 11.5. The highest BCUT2D eigenvalue weighted by Gasteiger charge is 2.53. The Morgan fingerprint density at radius 1 is 0.610 bits per heavy atom. The zero-order chi connectivity index (χ0) is 27.3. The number of fused-ring (bicyclic) bond motifs is 4. The van der Waals surface area contributed by atoms with Gasteiger partial charge in [0, 0.05) is 5.92 Å². The normalized spacial score (nSPS) is 32.7. The van der Waals surface area contributed by atoms with Crippen LogP contribution in [-0.4, -0.2) is 17.0 Å². The molecule has 0 N–H and O–H groups in total. The van der Waals surface area contributed by atoms with Gasteiger partial charge >= 0.3 is 0 Å². The summed E-state index contributed by atoms with van der Waals surface area (Å²) in [5, 5.41) is 4.38. The van der Waals surface area contributed by atoms with E-state index in [0.29, 0.717) is 5.66 Å². The monoisotopic (exact) mass is 573 g/mol. The molecule has 5 aliphatic carbocycles. The summed E-state index contributed by atoms with van der Waals surface area (Å²) in [5.74, 6) is 7.32. The second-order valence-electron chi connectivity index (χ2n) is 13.5. The molecule has 5 radical (unpaired) electrons. The molecule has 5 saturated carbocycles. The van der Waals surface area contributed by atoms with E-state index in [9.17, 15) is 0 Å². The number of hydrogen-bond acceptors (Lipinski definition) is 0. The van der Waals surface area contributed by atoms with E-state index in [1.54, 1.807) is 31.6 Å². The molecule has 41 heavy (non-hydrogen) atoms. The molecule has 0 spiro atoms. The average molecular weight is 574 g/mol. The fraction of sp³-hybridized carbons (Fsp3) is 0.410. The maximum Gasteiger partial charge on any atom is 0.0171 e. The molecule has 2 heteroatoms. The lowest BCUT2D eigenvalue weighted by molar-refractivity contribution is 0.458. The van der Waals surface area contributed by atoms with E-state index in [0.717, 1.165) is 35.0 Å². The maximum atomic E-state index is 2.67. The molecule has 0 saturated heterocycles. The van der Waals surface area contributed by atoms with Crippen LogP contribution in [-0.2, 0) is 0 Å². The predicted octanol–water partition coefficient (Wildman–Crippen LogP) is 8.82. The van der Waals surface area contributed by atoms with Crippen molar-refractivity contribution in [3.63, 3.8) is 0 Å². The van der Waals surface area contributed by atoms with Crippen LogP contribution in [0.2, 0.25) is 0 Å². The highest BCUT2D eigenvalue weighted by atomic mass is 31.1. The molecular weight excluding hydrogens is 530 g/mol. The molecule has 0 amide bonds. The van der Waals surface area contributed by atoms with Crippen molar-refractivity contribution >= 4 is 31.8 Å².